The monoisotopic (exact) mass is 259 g/mol. The number of aromatic nitrogens is 2. The second-order valence-corrected chi connectivity index (χ2v) is 5.46. The van der Waals surface area contributed by atoms with Crippen molar-refractivity contribution in [2.75, 3.05) is 13.1 Å². The Morgan fingerprint density at radius 3 is 3.22 bits per heavy atom. The van der Waals surface area contributed by atoms with Crippen molar-refractivity contribution in [2.45, 2.75) is 19.4 Å². The highest BCUT2D eigenvalue weighted by molar-refractivity contribution is 7.13. The van der Waals surface area contributed by atoms with Crippen molar-refractivity contribution >= 4 is 11.3 Å². The predicted octanol–water partition coefficient (Wildman–Crippen LogP) is 2.92. The highest BCUT2D eigenvalue weighted by atomic mass is 32.1. The molecule has 2 aromatic heterocycles. The molecule has 0 bridgehead atoms. The Hall–Kier alpha value is -1.39. The SMILES string of the molecule is C1=C(CCn2cncc2-c2cccs2)CCNC1. The van der Waals surface area contributed by atoms with Gasteiger partial charge in [0, 0.05) is 13.1 Å². The van der Waals surface area contributed by atoms with Gasteiger partial charge in [-0.25, -0.2) is 4.98 Å². The Kier molecular flexibility index (Phi) is 3.57. The molecular weight excluding hydrogens is 242 g/mol. The molecule has 0 spiro atoms. The molecule has 0 fully saturated rings. The molecule has 0 aromatic carbocycles. The Morgan fingerprint density at radius 1 is 1.44 bits per heavy atom. The summed E-state index contributed by atoms with van der Waals surface area (Å²) in [5.41, 5.74) is 2.80. The van der Waals surface area contributed by atoms with Crippen molar-refractivity contribution in [1.29, 1.82) is 0 Å². The Morgan fingerprint density at radius 2 is 2.44 bits per heavy atom. The molecule has 0 saturated carbocycles. The van der Waals surface area contributed by atoms with Gasteiger partial charge in [0.1, 0.15) is 0 Å². The van der Waals surface area contributed by atoms with Gasteiger partial charge in [0.2, 0.25) is 0 Å². The molecule has 4 heteroatoms. The summed E-state index contributed by atoms with van der Waals surface area (Å²) in [5.74, 6) is 0. The summed E-state index contributed by atoms with van der Waals surface area (Å²) in [6.07, 6.45) is 8.55. The summed E-state index contributed by atoms with van der Waals surface area (Å²) in [5, 5.41) is 5.46. The molecule has 1 aliphatic heterocycles. The van der Waals surface area contributed by atoms with E-state index in [-0.39, 0.29) is 0 Å². The van der Waals surface area contributed by atoms with E-state index in [2.05, 4.69) is 38.5 Å². The van der Waals surface area contributed by atoms with Crippen molar-refractivity contribution in [3.05, 3.63) is 41.7 Å². The van der Waals surface area contributed by atoms with Gasteiger partial charge in [-0.1, -0.05) is 17.7 Å². The molecule has 3 rings (SSSR count). The molecule has 0 amide bonds. The van der Waals surface area contributed by atoms with Gasteiger partial charge in [-0.3, -0.25) is 0 Å². The van der Waals surface area contributed by atoms with Crippen LogP contribution in [0.2, 0.25) is 0 Å². The average Bonchev–Trinajstić information content (AvgIpc) is 3.08. The van der Waals surface area contributed by atoms with Crippen molar-refractivity contribution < 1.29 is 0 Å². The number of hydrogen-bond donors (Lipinski definition) is 1. The van der Waals surface area contributed by atoms with Crippen LogP contribution in [0.1, 0.15) is 12.8 Å². The minimum absolute atomic E-state index is 1.02. The number of imidazole rings is 1. The second kappa shape index (κ2) is 5.50. The van der Waals surface area contributed by atoms with E-state index in [4.69, 9.17) is 0 Å². The maximum absolute atomic E-state index is 4.28. The molecule has 1 N–H and O–H groups in total. The van der Waals surface area contributed by atoms with Crippen molar-refractivity contribution in [3.8, 4) is 10.6 Å². The van der Waals surface area contributed by atoms with E-state index in [1.54, 1.807) is 16.9 Å². The van der Waals surface area contributed by atoms with Crippen LogP contribution in [-0.2, 0) is 6.54 Å². The molecule has 94 valence electrons. The zero-order chi connectivity index (χ0) is 12.2. The van der Waals surface area contributed by atoms with Gasteiger partial charge >= 0.3 is 0 Å². The number of hydrogen-bond acceptors (Lipinski definition) is 3. The summed E-state index contributed by atoms with van der Waals surface area (Å²) < 4.78 is 2.26. The first kappa shape index (κ1) is 11.7. The van der Waals surface area contributed by atoms with Crippen molar-refractivity contribution in [3.63, 3.8) is 0 Å². The molecule has 3 nitrogen and oxygen atoms in total. The van der Waals surface area contributed by atoms with Gasteiger partial charge in [-0.15, -0.1) is 11.3 Å². The Balaban J connectivity index is 1.70. The van der Waals surface area contributed by atoms with Crippen molar-refractivity contribution in [2.24, 2.45) is 0 Å². The molecule has 1 aliphatic rings. The van der Waals surface area contributed by atoms with E-state index in [9.17, 15) is 0 Å². The third kappa shape index (κ3) is 2.54. The first-order valence-corrected chi connectivity index (χ1v) is 7.24. The Labute approximate surface area is 111 Å². The third-order valence-corrected chi connectivity index (χ3v) is 4.21. The van der Waals surface area contributed by atoms with E-state index in [1.165, 1.54) is 17.0 Å². The standard InChI is InChI=1S/C14H17N3S/c1-2-14(18-9-1)13-10-16-11-17(13)8-5-12-3-6-15-7-4-12/h1-3,9-11,15H,4-8H2. The number of nitrogens with zero attached hydrogens (tertiary/aromatic N) is 2. The Bertz CT molecular complexity index is 525. The smallest absolute Gasteiger partial charge is 0.0951 e. The summed E-state index contributed by atoms with van der Waals surface area (Å²) in [7, 11) is 0. The number of thiophene rings is 1. The van der Waals surface area contributed by atoms with Crippen LogP contribution in [-0.4, -0.2) is 22.6 Å². The summed E-state index contributed by atoms with van der Waals surface area (Å²) in [6.45, 7) is 3.17. The van der Waals surface area contributed by atoms with Crippen LogP contribution in [0.3, 0.4) is 0 Å². The second-order valence-electron chi connectivity index (χ2n) is 4.52. The molecule has 18 heavy (non-hydrogen) atoms. The van der Waals surface area contributed by atoms with Crippen LogP contribution >= 0.6 is 11.3 Å². The van der Waals surface area contributed by atoms with Gasteiger partial charge in [0.05, 0.1) is 23.1 Å². The lowest BCUT2D eigenvalue weighted by atomic mass is 10.1. The molecule has 0 unspecified atom stereocenters. The largest absolute Gasteiger partial charge is 0.330 e. The van der Waals surface area contributed by atoms with Gasteiger partial charge in [0.25, 0.3) is 0 Å². The third-order valence-electron chi connectivity index (χ3n) is 3.32. The highest BCUT2D eigenvalue weighted by Gasteiger charge is 2.07. The van der Waals surface area contributed by atoms with Crippen LogP contribution in [0.15, 0.2) is 41.7 Å². The molecule has 0 atom stereocenters. The number of rotatable bonds is 4. The number of nitrogens with one attached hydrogen (secondary N) is 1. The molecule has 0 aliphatic carbocycles. The molecule has 3 heterocycles. The highest BCUT2D eigenvalue weighted by Crippen LogP contribution is 2.24. The topological polar surface area (TPSA) is 29.9 Å². The quantitative estimate of drug-likeness (QED) is 0.856. The number of aryl methyl sites for hydroxylation is 1. The first-order chi connectivity index (χ1) is 8.93. The van der Waals surface area contributed by atoms with Gasteiger partial charge in [0.15, 0.2) is 0 Å². The average molecular weight is 259 g/mol. The van der Waals surface area contributed by atoms with E-state index in [0.717, 1.165) is 26.1 Å². The van der Waals surface area contributed by atoms with Crippen LogP contribution in [0, 0.1) is 0 Å². The van der Waals surface area contributed by atoms with Gasteiger partial charge in [-0.05, 0) is 30.8 Å². The molecular formula is C14H17N3S. The van der Waals surface area contributed by atoms with Crippen molar-refractivity contribution in [1.82, 2.24) is 14.9 Å². The van der Waals surface area contributed by atoms with Crippen LogP contribution in [0.4, 0.5) is 0 Å². The zero-order valence-corrected chi connectivity index (χ0v) is 11.1. The minimum atomic E-state index is 1.02. The normalized spacial score (nSPS) is 15.7. The fraction of sp³-hybridized carbons (Fsp3) is 0.357. The van der Waals surface area contributed by atoms with E-state index in [1.807, 2.05) is 12.5 Å². The summed E-state index contributed by atoms with van der Waals surface area (Å²) >= 11 is 1.77. The lowest BCUT2D eigenvalue weighted by molar-refractivity contribution is 0.633. The van der Waals surface area contributed by atoms with Crippen LogP contribution < -0.4 is 5.32 Å². The first-order valence-electron chi connectivity index (χ1n) is 6.36. The van der Waals surface area contributed by atoms with Crippen LogP contribution in [0.25, 0.3) is 10.6 Å². The molecule has 0 saturated heterocycles. The van der Waals surface area contributed by atoms with E-state index < -0.39 is 0 Å². The van der Waals surface area contributed by atoms with Gasteiger partial charge in [-0.2, -0.15) is 0 Å². The lowest BCUT2D eigenvalue weighted by Gasteiger charge is -2.14. The fourth-order valence-corrected chi connectivity index (χ4v) is 3.04. The summed E-state index contributed by atoms with van der Waals surface area (Å²) in [6, 6.07) is 4.24. The maximum atomic E-state index is 4.28. The molecule has 0 radical (unpaired) electrons. The minimum Gasteiger partial charge on any atom is -0.330 e. The zero-order valence-electron chi connectivity index (χ0n) is 10.3. The van der Waals surface area contributed by atoms with E-state index in [0.29, 0.717) is 0 Å². The molecule has 2 aromatic rings. The van der Waals surface area contributed by atoms with Crippen LogP contribution in [0.5, 0.6) is 0 Å². The maximum Gasteiger partial charge on any atom is 0.0951 e. The predicted molar refractivity (Wildman–Crippen MR) is 75.7 cm³/mol. The van der Waals surface area contributed by atoms with Gasteiger partial charge < -0.3 is 9.88 Å². The lowest BCUT2D eigenvalue weighted by Crippen LogP contribution is -2.21. The summed E-state index contributed by atoms with van der Waals surface area (Å²) in [4.78, 5) is 5.58. The fourth-order valence-electron chi connectivity index (χ4n) is 2.29. The van der Waals surface area contributed by atoms with E-state index >= 15 is 0 Å².